The average Bonchev–Trinajstić information content (AvgIpc) is 2.88. The van der Waals surface area contributed by atoms with Gasteiger partial charge in [0.25, 0.3) is 0 Å². The molecule has 0 aromatic heterocycles. The lowest BCUT2D eigenvalue weighted by Crippen LogP contribution is -2.21. The standard InChI is InChI=1S/C14H18N2O/c15-11-12-4-1-7-14(10-12)17-9-3-6-13-5-2-8-16-13/h1,4,7,10,13,16H,2-3,5-6,8-9H2. The highest BCUT2D eigenvalue weighted by Gasteiger charge is 2.12. The van der Waals surface area contributed by atoms with Crippen molar-refractivity contribution in [3.8, 4) is 11.8 Å². The minimum Gasteiger partial charge on any atom is -0.494 e. The fourth-order valence-electron chi connectivity index (χ4n) is 2.18. The number of nitrogens with zero attached hydrogens (tertiary/aromatic N) is 1. The molecule has 0 amide bonds. The Labute approximate surface area is 102 Å². The molecule has 17 heavy (non-hydrogen) atoms. The van der Waals surface area contributed by atoms with Crippen LogP contribution >= 0.6 is 0 Å². The van der Waals surface area contributed by atoms with E-state index in [2.05, 4.69) is 11.4 Å². The Kier molecular flexibility index (Phi) is 4.40. The van der Waals surface area contributed by atoms with E-state index in [9.17, 15) is 0 Å². The van der Waals surface area contributed by atoms with Crippen LogP contribution in [0.15, 0.2) is 24.3 Å². The molecule has 1 aliphatic heterocycles. The molecule has 0 spiro atoms. The van der Waals surface area contributed by atoms with Gasteiger partial charge >= 0.3 is 0 Å². The number of hydrogen-bond acceptors (Lipinski definition) is 3. The first-order valence-electron chi connectivity index (χ1n) is 6.25. The molecule has 0 radical (unpaired) electrons. The first-order valence-corrected chi connectivity index (χ1v) is 6.25. The number of nitrogens with one attached hydrogen (secondary N) is 1. The normalized spacial score (nSPS) is 18.9. The van der Waals surface area contributed by atoms with Gasteiger partial charge in [0.05, 0.1) is 18.2 Å². The Morgan fingerprint density at radius 3 is 3.18 bits per heavy atom. The number of hydrogen-bond donors (Lipinski definition) is 1. The van der Waals surface area contributed by atoms with Crippen molar-refractivity contribution in [2.24, 2.45) is 0 Å². The fourth-order valence-corrected chi connectivity index (χ4v) is 2.18. The van der Waals surface area contributed by atoms with Crippen LogP contribution in [0, 0.1) is 11.3 Å². The van der Waals surface area contributed by atoms with Crippen molar-refractivity contribution in [2.75, 3.05) is 13.2 Å². The highest BCUT2D eigenvalue weighted by Crippen LogP contribution is 2.14. The van der Waals surface area contributed by atoms with Gasteiger partial charge in [-0.3, -0.25) is 0 Å². The lowest BCUT2D eigenvalue weighted by molar-refractivity contribution is 0.299. The zero-order valence-electron chi connectivity index (χ0n) is 9.98. The van der Waals surface area contributed by atoms with Crippen molar-refractivity contribution in [1.29, 1.82) is 5.26 Å². The monoisotopic (exact) mass is 230 g/mol. The molecule has 1 aliphatic rings. The Morgan fingerprint density at radius 2 is 2.41 bits per heavy atom. The third kappa shape index (κ3) is 3.76. The van der Waals surface area contributed by atoms with Gasteiger partial charge in [0, 0.05) is 6.04 Å². The summed E-state index contributed by atoms with van der Waals surface area (Å²) in [5, 5.41) is 12.2. The first kappa shape index (κ1) is 11.9. The van der Waals surface area contributed by atoms with Gasteiger partial charge in [-0.15, -0.1) is 0 Å². The van der Waals surface area contributed by atoms with E-state index < -0.39 is 0 Å². The van der Waals surface area contributed by atoms with Crippen LogP contribution in [-0.2, 0) is 0 Å². The van der Waals surface area contributed by atoms with Gasteiger partial charge in [0.1, 0.15) is 5.75 Å². The van der Waals surface area contributed by atoms with Crippen LogP contribution in [0.3, 0.4) is 0 Å². The number of nitriles is 1. The van der Waals surface area contributed by atoms with Gasteiger partial charge in [-0.2, -0.15) is 5.26 Å². The Morgan fingerprint density at radius 1 is 1.47 bits per heavy atom. The summed E-state index contributed by atoms with van der Waals surface area (Å²) in [7, 11) is 0. The van der Waals surface area contributed by atoms with E-state index in [0.29, 0.717) is 11.6 Å². The minimum atomic E-state index is 0.653. The first-order chi connectivity index (χ1) is 8.38. The van der Waals surface area contributed by atoms with Crippen LogP contribution in [0.1, 0.15) is 31.2 Å². The van der Waals surface area contributed by atoms with Crippen molar-refractivity contribution in [1.82, 2.24) is 5.32 Å². The Balaban J connectivity index is 1.68. The number of ether oxygens (including phenoxy) is 1. The molecule has 0 aliphatic carbocycles. The molecule has 1 heterocycles. The molecule has 0 bridgehead atoms. The molecule has 1 atom stereocenters. The summed E-state index contributed by atoms with van der Waals surface area (Å²) in [5.74, 6) is 0.795. The van der Waals surface area contributed by atoms with Gasteiger partial charge < -0.3 is 10.1 Å². The van der Waals surface area contributed by atoms with E-state index in [4.69, 9.17) is 10.00 Å². The van der Waals surface area contributed by atoms with Crippen molar-refractivity contribution in [3.05, 3.63) is 29.8 Å². The SMILES string of the molecule is N#Cc1cccc(OCCCC2CCCN2)c1. The van der Waals surface area contributed by atoms with Gasteiger partial charge in [-0.1, -0.05) is 6.07 Å². The van der Waals surface area contributed by atoms with Gasteiger partial charge in [0.2, 0.25) is 0 Å². The molecule has 1 unspecified atom stereocenters. The maximum absolute atomic E-state index is 8.76. The Bertz CT molecular complexity index is 391. The summed E-state index contributed by atoms with van der Waals surface area (Å²) in [5.41, 5.74) is 0.653. The summed E-state index contributed by atoms with van der Waals surface area (Å²) >= 11 is 0. The largest absolute Gasteiger partial charge is 0.494 e. The molecular formula is C14H18N2O. The third-order valence-corrected chi connectivity index (χ3v) is 3.09. The molecule has 1 saturated heterocycles. The lowest BCUT2D eigenvalue weighted by Gasteiger charge is -2.10. The predicted molar refractivity (Wildman–Crippen MR) is 66.9 cm³/mol. The highest BCUT2D eigenvalue weighted by molar-refractivity contribution is 5.36. The Hall–Kier alpha value is -1.53. The second-order valence-electron chi connectivity index (χ2n) is 4.42. The van der Waals surface area contributed by atoms with E-state index in [-0.39, 0.29) is 0 Å². The van der Waals surface area contributed by atoms with Gasteiger partial charge in [-0.25, -0.2) is 0 Å². The van der Waals surface area contributed by atoms with Crippen LogP contribution in [0.4, 0.5) is 0 Å². The molecule has 1 N–H and O–H groups in total. The zero-order chi connectivity index (χ0) is 11.9. The molecule has 90 valence electrons. The summed E-state index contributed by atoms with van der Waals surface area (Å²) in [6.45, 7) is 1.89. The summed E-state index contributed by atoms with van der Waals surface area (Å²) < 4.78 is 5.63. The predicted octanol–water partition coefficient (Wildman–Crippen LogP) is 2.47. The van der Waals surface area contributed by atoms with Crippen LogP contribution < -0.4 is 10.1 Å². The molecule has 1 fully saturated rings. The number of rotatable bonds is 5. The maximum Gasteiger partial charge on any atom is 0.120 e. The van der Waals surface area contributed by atoms with Gasteiger partial charge in [-0.05, 0) is 50.4 Å². The highest BCUT2D eigenvalue weighted by atomic mass is 16.5. The average molecular weight is 230 g/mol. The van der Waals surface area contributed by atoms with Crippen LogP contribution in [0.2, 0.25) is 0 Å². The third-order valence-electron chi connectivity index (χ3n) is 3.09. The lowest BCUT2D eigenvalue weighted by atomic mass is 10.1. The molecule has 0 saturated carbocycles. The number of benzene rings is 1. The van der Waals surface area contributed by atoms with E-state index in [1.54, 1.807) is 12.1 Å². The summed E-state index contributed by atoms with van der Waals surface area (Å²) in [6, 6.07) is 10.1. The van der Waals surface area contributed by atoms with Crippen LogP contribution in [-0.4, -0.2) is 19.2 Å². The second-order valence-corrected chi connectivity index (χ2v) is 4.42. The van der Waals surface area contributed by atoms with Crippen molar-refractivity contribution < 1.29 is 4.74 Å². The summed E-state index contributed by atoms with van der Waals surface area (Å²) in [4.78, 5) is 0. The second kappa shape index (κ2) is 6.27. The quantitative estimate of drug-likeness (QED) is 0.790. The van der Waals surface area contributed by atoms with Crippen LogP contribution in [0.5, 0.6) is 5.75 Å². The fraction of sp³-hybridized carbons (Fsp3) is 0.500. The molecule has 1 aromatic rings. The van der Waals surface area contributed by atoms with E-state index >= 15 is 0 Å². The topological polar surface area (TPSA) is 45.0 Å². The zero-order valence-corrected chi connectivity index (χ0v) is 9.98. The smallest absolute Gasteiger partial charge is 0.120 e. The summed E-state index contributed by atoms with van der Waals surface area (Å²) in [6.07, 6.45) is 4.84. The molecule has 3 nitrogen and oxygen atoms in total. The van der Waals surface area contributed by atoms with E-state index in [1.807, 2.05) is 12.1 Å². The molecule has 3 heteroatoms. The molecular weight excluding hydrogens is 212 g/mol. The van der Waals surface area contributed by atoms with Crippen LogP contribution in [0.25, 0.3) is 0 Å². The van der Waals surface area contributed by atoms with E-state index in [1.165, 1.54) is 19.3 Å². The molecule has 2 rings (SSSR count). The van der Waals surface area contributed by atoms with Crippen molar-refractivity contribution in [2.45, 2.75) is 31.7 Å². The van der Waals surface area contributed by atoms with Gasteiger partial charge in [0.15, 0.2) is 0 Å². The van der Waals surface area contributed by atoms with Crippen molar-refractivity contribution >= 4 is 0 Å². The maximum atomic E-state index is 8.76. The van der Waals surface area contributed by atoms with E-state index in [0.717, 1.165) is 25.3 Å². The van der Waals surface area contributed by atoms with Crippen molar-refractivity contribution in [3.63, 3.8) is 0 Å². The minimum absolute atomic E-state index is 0.653. The molecule has 1 aromatic carbocycles.